The van der Waals surface area contributed by atoms with E-state index in [0.29, 0.717) is 10.8 Å². The Balaban J connectivity index is 1.40. The van der Waals surface area contributed by atoms with Gasteiger partial charge in [-0.1, -0.05) is 30.0 Å². The van der Waals surface area contributed by atoms with Crippen LogP contribution in [0.3, 0.4) is 0 Å². The van der Waals surface area contributed by atoms with Crippen molar-refractivity contribution >= 4 is 46.4 Å². The molecule has 5 aromatic rings. The molecule has 11 heteroatoms. The number of hydrogen-bond donors (Lipinski definition) is 2. The first-order valence-electron chi connectivity index (χ1n) is 13.8. The second kappa shape index (κ2) is 11.9. The normalized spacial score (nSPS) is 16.1. The predicted molar refractivity (Wildman–Crippen MR) is 174 cm³/mol. The number of carboxylic acid groups (broad SMARTS) is 1. The Morgan fingerprint density at radius 3 is 2.27 bits per heavy atom. The van der Waals surface area contributed by atoms with Gasteiger partial charge >= 0.3 is 5.97 Å². The fraction of sp³-hybridized carbons (Fsp3) is 0.121. The number of aryl methyl sites for hydroxylation is 1. The Bertz CT molecular complexity index is 1880. The molecule has 9 nitrogen and oxygen atoms in total. The number of benzene rings is 3. The van der Waals surface area contributed by atoms with Crippen LogP contribution in [-0.4, -0.2) is 30.7 Å². The van der Waals surface area contributed by atoms with Gasteiger partial charge in [0.05, 0.1) is 34.0 Å². The van der Waals surface area contributed by atoms with E-state index in [4.69, 9.17) is 12.2 Å². The molecule has 0 radical (unpaired) electrons. The second-order valence-corrected chi connectivity index (χ2v) is 11.9. The zero-order chi connectivity index (χ0) is 31.0. The van der Waals surface area contributed by atoms with Crippen molar-refractivity contribution < 1.29 is 14.8 Å². The lowest BCUT2D eigenvalue weighted by molar-refractivity contribution is -0.384. The molecule has 2 atom stereocenters. The lowest BCUT2D eigenvalue weighted by atomic mass is 9.96. The molecule has 44 heavy (non-hydrogen) atoms. The maximum absolute atomic E-state index is 12.1. The van der Waals surface area contributed by atoms with Crippen molar-refractivity contribution in [1.29, 1.82) is 0 Å². The van der Waals surface area contributed by atoms with Gasteiger partial charge in [0.2, 0.25) is 0 Å². The standard InChI is InChI=1S/C33H27N5O4S2/c1-20-19-27(21(2)36(20)29-9-4-3-7-26(29)32(39)40)31-30(28-8-5-6-18-34-28)35-33(43)37(31)22-10-14-24(15-11-22)44-25-16-12-23(13-17-25)38(41)42/h3-19,30-31H,1-2H3,(H,35,43)(H,39,40). The van der Waals surface area contributed by atoms with E-state index < -0.39 is 10.9 Å². The highest BCUT2D eigenvalue weighted by Crippen LogP contribution is 2.44. The number of non-ortho nitro benzene ring substituents is 1. The van der Waals surface area contributed by atoms with Gasteiger partial charge in [-0.05, 0) is 98.4 Å². The first-order chi connectivity index (χ1) is 21.2. The van der Waals surface area contributed by atoms with Crippen molar-refractivity contribution in [2.45, 2.75) is 35.7 Å². The number of nitrogens with one attached hydrogen (secondary N) is 1. The lowest BCUT2D eigenvalue weighted by Crippen LogP contribution is -2.29. The third-order valence-corrected chi connectivity index (χ3v) is 8.99. The fourth-order valence-electron chi connectivity index (χ4n) is 5.70. The summed E-state index contributed by atoms with van der Waals surface area (Å²) in [4.78, 5) is 31.3. The number of nitrogens with zero attached hydrogens (tertiary/aromatic N) is 4. The number of para-hydroxylation sites is 1. The lowest BCUT2D eigenvalue weighted by Gasteiger charge is -2.28. The van der Waals surface area contributed by atoms with Crippen LogP contribution >= 0.6 is 24.0 Å². The minimum Gasteiger partial charge on any atom is -0.478 e. The summed E-state index contributed by atoms with van der Waals surface area (Å²) < 4.78 is 1.98. The predicted octanol–water partition coefficient (Wildman–Crippen LogP) is 7.42. The second-order valence-electron chi connectivity index (χ2n) is 10.3. The molecule has 0 amide bonds. The van der Waals surface area contributed by atoms with Crippen molar-refractivity contribution in [3.63, 3.8) is 0 Å². The molecule has 0 saturated carbocycles. The van der Waals surface area contributed by atoms with Crippen LogP contribution in [0.1, 0.15) is 45.1 Å². The quantitative estimate of drug-likeness (QED) is 0.104. The summed E-state index contributed by atoms with van der Waals surface area (Å²) in [6.45, 7) is 3.97. The van der Waals surface area contributed by atoms with Gasteiger partial charge < -0.3 is 19.9 Å². The third kappa shape index (κ3) is 5.43. The van der Waals surface area contributed by atoms with Crippen molar-refractivity contribution in [3.05, 3.63) is 142 Å². The smallest absolute Gasteiger partial charge is 0.337 e. The van der Waals surface area contributed by atoms with Crippen LogP contribution in [-0.2, 0) is 0 Å². The number of hydrogen-bond acceptors (Lipinski definition) is 6. The monoisotopic (exact) mass is 621 g/mol. The Morgan fingerprint density at radius 1 is 0.977 bits per heavy atom. The van der Waals surface area contributed by atoms with Crippen LogP contribution in [0.4, 0.5) is 11.4 Å². The molecule has 1 aliphatic heterocycles. The zero-order valence-corrected chi connectivity index (χ0v) is 25.4. The minimum atomic E-state index is -0.988. The number of pyridine rings is 1. The van der Waals surface area contributed by atoms with E-state index in [1.165, 1.54) is 23.9 Å². The Hall–Kier alpha value is -5.00. The maximum Gasteiger partial charge on any atom is 0.337 e. The van der Waals surface area contributed by atoms with E-state index in [2.05, 4.69) is 21.3 Å². The van der Waals surface area contributed by atoms with Crippen LogP contribution in [0.5, 0.6) is 0 Å². The third-order valence-electron chi connectivity index (χ3n) is 7.66. The molecule has 1 fully saturated rings. The number of nitro groups is 1. The summed E-state index contributed by atoms with van der Waals surface area (Å²) >= 11 is 7.43. The molecule has 1 saturated heterocycles. The van der Waals surface area contributed by atoms with E-state index in [1.54, 1.807) is 30.5 Å². The number of carboxylic acids is 1. The van der Waals surface area contributed by atoms with Gasteiger partial charge in [0, 0.05) is 45.2 Å². The summed E-state index contributed by atoms with van der Waals surface area (Å²) in [6, 6.07) is 28.8. The van der Waals surface area contributed by atoms with E-state index in [0.717, 1.165) is 38.1 Å². The number of anilines is 1. The molecular weight excluding hydrogens is 595 g/mol. The fourth-order valence-corrected chi connectivity index (χ4v) is 6.87. The van der Waals surface area contributed by atoms with Gasteiger partial charge in [-0.2, -0.15) is 0 Å². The van der Waals surface area contributed by atoms with Crippen LogP contribution in [0.15, 0.2) is 113 Å². The molecular formula is C33H27N5O4S2. The largest absolute Gasteiger partial charge is 0.478 e. The van der Waals surface area contributed by atoms with Crippen LogP contribution < -0.4 is 10.2 Å². The molecule has 0 spiro atoms. The zero-order valence-electron chi connectivity index (χ0n) is 23.7. The molecule has 2 unspecified atom stereocenters. The summed E-state index contributed by atoms with van der Waals surface area (Å²) in [7, 11) is 0. The van der Waals surface area contributed by atoms with Gasteiger partial charge in [-0.3, -0.25) is 15.1 Å². The summed E-state index contributed by atoms with van der Waals surface area (Å²) in [5, 5.41) is 25.0. The molecule has 2 aromatic heterocycles. The topological polar surface area (TPSA) is 114 Å². The number of nitro benzene ring substituents is 1. The number of thiocarbonyl (C=S) groups is 1. The molecule has 0 bridgehead atoms. The van der Waals surface area contributed by atoms with Crippen molar-refractivity contribution in [1.82, 2.24) is 14.9 Å². The first-order valence-corrected chi connectivity index (χ1v) is 15.0. The molecule has 6 rings (SSSR count). The van der Waals surface area contributed by atoms with Gasteiger partial charge in [-0.15, -0.1) is 0 Å². The number of carbonyl (C=O) groups is 1. The molecule has 1 aliphatic rings. The maximum atomic E-state index is 12.1. The average Bonchev–Trinajstić information content (AvgIpc) is 3.52. The molecule has 3 heterocycles. The Morgan fingerprint density at radius 2 is 1.64 bits per heavy atom. The van der Waals surface area contributed by atoms with E-state index >= 15 is 0 Å². The molecule has 3 aromatic carbocycles. The van der Waals surface area contributed by atoms with Crippen LogP contribution in [0.25, 0.3) is 5.69 Å². The molecule has 2 N–H and O–H groups in total. The van der Waals surface area contributed by atoms with Crippen molar-refractivity contribution in [2.75, 3.05) is 4.90 Å². The van der Waals surface area contributed by atoms with Gasteiger partial charge in [0.15, 0.2) is 5.11 Å². The van der Waals surface area contributed by atoms with E-state index in [1.807, 2.05) is 73.0 Å². The highest BCUT2D eigenvalue weighted by atomic mass is 32.2. The highest BCUT2D eigenvalue weighted by molar-refractivity contribution is 7.99. The Kier molecular flexibility index (Phi) is 7.90. The van der Waals surface area contributed by atoms with Gasteiger partial charge in [-0.25, -0.2) is 4.79 Å². The van der Waals surface area contributed by atoms with E-state index in [-0.39, 0.29) is 23.3 Å². The first kappa shape index (κ1) is 29.1. The summed E-state index contributed by atoms with van der Waals surface area (Å²) in [5.41, 5.74) is 5.40. The number of aromatic nitrogens is 2. The molecule has 220 valence electrons. The van der Waals surface area contributed by atoms with Crippen LogP contribution in [0, 0.1) is 24.0 Å². The summed E-state index contributed by atoms with van der Waals surface area (Å²) in [5.74, 6) is -0.988. The average molecular weight is 622 g/mol. The van der Waals surface area contributed by atoms with E-state index in [9.17, 15) is 20.0 Å². The van der Waals surface area contributed by atoms with Crippen LogP contribution in [0.2, 0.25) is 0 Å². The van der Waals surface area contributed by atoms with Crippen molar-refractivity contribution in [3.8, 4) is 5.69 Å². The minimum absolute atomic E-state index is 0.0547. The van der Waals surface area contributed by atoms with Crippen molar-refractivity contribution in [2.24, 2.45) is 0 Å². The van der Waals surface area contributed by atoms with Gasteiger partial charge in [0.1, 0.15) is 0 Å². The highest BCUT2D eigenvalue weighted by Gasteiger charge is 2.42. The SMILES string of the molecule is Cc1cc(C2C(c3ccccn3)NC(=S)N2c2ccc(Sc3ccc([N+](=O)[O-])cc3)cc2)c(C)n1-c1ccccc1C(=O)O. The number of aromatic carboxylic acids is 1. The number of rotatable bonds is 8. The van der Waals surface area contributed by atoms with Gasteiger partial charge in [0.25, 0.3) is 5.69 Å². The molecule has 0 aliphatic carbocycles. The summed E-state index contributed by atoms with van der Waals surface area (Å²) in [6.07, 6.45) is 1.76. The Labute approximate surface area is 263 Å².